The van der Waals surface area contributed by atoms with Crippen LogP contribution in [0, 0.1) is 5.82 Å². The normalized spacial score (nSPS) is 12.5. The van der Waals surface area contributed by atoms with Gasteiger partial charge in [-0.05, 0) is 56.1 Å². The van der Waals surface area contributed by atoms with E-state index in [2.05, 4.69) is 15.6 Å². The number of aromatic nitrogens is 1. The van der Waals surface area contributed by atoms with Crippen molar-refractivity contribution in [2.24, 2.45) is 0 Å². The van der Waals surface area contributed by atoms with E-state index in [1.807, 2.05) is 19.9 Å². The first-order valence-electron chi connectivity index (χ1n) is 8.00. The molecule has 0 unspecified atom stereocenters. The highest BCUT2D eigenvalue weighted by Crippen LogP contribution is 2.26. The first kappa shape index (κ1) is 22.2. The molecule has 0 saturated heterocycles. The second-order valence-electron chi connectivity index (χ2n) is 5.96. The van der Waals surface area contributed by atoms with Crippen molar-refractivity contribution in [3.05, 3.63) is 53.1 Å². The van der Waals surface area contributed by atoms with Gasteiger partial charge in [0.1, 0.15) is 5.82 Å². The zero-order chi connectivity index (χ0) is 17.1. The SMILES string of the molecule is CC(C)Oc1cccnc1C(=O)Nc1ccc2c(c1F)CCNC2.Cl.Cl. The Morgan fingerprint density at radius 3 is 2.81 bits per heavy atom. The predicted octanol–water partition coefficient (Wildman–Crippen LogP) is 3.75. The molecule has 142 valence electrons. The van der Waals surface area contributed by atoms with Crippen LogP contribution in [0.1, 0.15) is 35.5 Å². The van der Waals surface area contributed by atoms with Crippen LogP contribution in [0.2, 0.25) is 0 Å². The average molecular weight is 402 g/mol. The van der Waals surface area contributed by atoms with Gasteiger partial charge in [-0.25, -0.2) is 9.37 Å². The number of fused-ring (bicyclic) bond motifs is 1. The lowest BCUT2D eigenvalue weighted by Crippen LogP contribution is -2.25. The molecule has 0 fully saturated rings. The summed E-state index contributed by atoms with van der Waals surface area (Å²) in [5.74, 6) is -0.476. The maximum atomic E-state index is 14.6. The number of rotatable bonds is 4. The van der Waals surface area contributed by atoms with Gasteiger partial charge in [-0.15, -0.1) is 24.8 Å². The lowest BCUT2D eigenvalue weighted by atomic mass is 9.99. The molecular formula is C18H22Cl2FN3O2. The summed E-state index contributed by atoms with van der Waals surface area (Å²) in [6, 6.07) is 6.80. The molecule has 0 aliphatic carbocycles. The third-order valence-electron chi connectivity index (χ3n) is 3.80. The van der Waals surface area contributed by atoms with Crippen molar-refractivity contribution in [3.8, 4) is 5.75 Å². The maximum absolute atomic E-state index is 14.6. The van der Waals surface area contributed by atoms with Gasteiger partial charge >= 0.3 is 0 Å². The van der Waals surface area contributed by atoms with Crippen LogP contribution in [-0.2, 0) is 13.0 Å². The number of pyridine rings is 1. The topological polar surface area (TPSA) is 63.2 Å². The Kier molecular flexibility index (Phi) is 8.27. The number of carbonyl (C=O) groups is 1. The molecule has 1 aliphatic rings. The Labute approximate surface area is 164 Å². The summed E-state index contributed by atoms with van der Waals surface area (Å²) in [4.78, 5) is 16.6. The van der Waals surface area contributed by atoms with Crippen LogP contribution in [0.3, 0.4) is 0 Å². The summed E-state index contributed by atoms with van der Waals surface area (Å²) in [6.45, 7) is 5.11. The number of nitrogens with zero attached hydrogens (tertiary/aromatic N) is 1. The lowest BCUT2D eigenvalue weighted by Gasteiger charge is -2.19. The molecule has 0 radical (unpaired) electrons. The molecule has 3 rings (SSSR count). The van der Waals surface area contributed by atoms with Gasteiger partial charge in [0, 0.05) is 12.7 Å². The fraction of sp³-hybridized carbons (Fsp3) is 0.333. The fourth-order valence-corrected chi connectivity index (χ4v) is 2.72. The predicted molar refractivity (Wildman–Crippen MR) is 104 cm³/mol. The van der Waals surface area contributed by atoms with Crippen LogP contribution >= 0.6 is 24.8 Å². The zero-order valence-corrected chi connectivity index (χ0v) is 16.2. The number of anilines is 1. The standard InChI is InChI=1S/C18H20FN3O2.2ClH/c1-11(2)24-15-4-3-8-21-17(15)18(23)22-14-6-5-12-10-20-9-7-13(12)16(14)19;;/h3-6,8,11,20H,7,9-10H2,1-2H3,(H,22,23);2*1H. The van der Waals surface area contributed by atoms with Crippen molar-refractivity contribution in [1.82, 2.24) is 10.3 Å². The number of ether oxygens (including phenoxy) is 1. The van der Waals surface area contributed by atoms with Crippen LogP contribution in [0.5, 0.6) is 5.75 Å². The molecule has 2 heterocycles. The molecule has 0 atom stereocenters. The number of carbonyl (C=O) groups excluding carboxylic acids is 1. The molecule has 2 N–H and O–H groups in total. The van der Waals surface area contributed by atoms with Crippen molar-refractivity contribution in [3.63, 3.8) is 0 Å². The van der Waals surface area contributed by atoms with Crippen molar-refractivity contribution in [2.45, 2.75) is 32.9 Å². The Morgan fingerprint density at radius 1 is 1.31 bits per heavy atom. The van der Waals surface area contributed by atoms with E-state index in [1.165, 1.54) is 6.20 Å². The van der Waals surface area contributed by atoms with Gasteiger partial charge in [-0.1, -0.05) is 6.07 Å². The molecule has 1 amide bonds. The van der Waals surface area contributed by atoms with Crippen LogP contribution < -0.4 is 15.4 Å². The van der Waals surface area contributed by atoms with E-state index >= 15 is 0 Å². The Hall–Kier alpha value is -1.89. The first-order chi connectivity index (χ1) is 11.6. The summed E-state index contributed by atoms with van der Waals surface area (Å²) in [5, 5.41) is 5.81. The Balaban J connectivity index is 0.00000169. The molecular weight excluding hydrogens is 380 g/mol. The fourth-order valence-electron chi connectivity index (χ4n) is 2.72. The third kappa shape index (κ3) is 4.84. The molecule has 1 aliphatic heterocycles. The molecule has 1 aromatic heterocycles. The molecule has 0 saturated carbocycles. The van der Waals surface area contributed by atoms with Gasteiger partial charge in [-0.3, -0.25) is 4.79 Å². The molecule has 1 aromatic carbocycles. The molecule has 26 heavy (non-hydrogen) atoms. The van der Waals surface area contributed by atoms with Crippen molar-refractivity contribution in [1.29, 1.82) is 0 Å². The van der Waals surface area contributed by atoms with Gasteiger partial charge in [0.15, 0.2) is 11.4 Å². The summed E-state index contributed by atoms with van der Waals surface area (Å²) in [7, 11) is 0. The van der Waals surface area contributed by atoms with Crippen molar-refractivity contribution >= 4 is 36.4 Å². The number of hydrogen-bond donors (Lipinski definition) is 2. The molecule has 5 nitrogen and oxygen atoms in total. The van der Waals surface area contributed by atoms with Crippen LogP contribution in [0.4, 0.5) is 10.1 Å². The van der Waals surface area contributed by atoms with Crippen LogP contribution in [0.15, 0.2) is 30.5 Å². The van der Waals surface area contributed by atoms with Gasteiger partial charge in [0.25, 0.3) is 5.91 Å². The van der Waals surface area contributed by atoms with E-state index in [0.29, 0.717) is 24.3 Å². The van der Waals surface area contributed by atoms with Gasteiger partial charge in [0.2, 0.25) is 0 Å². The van der Waals surface area contributed by atoms with Crippen molar-refractivity contribution in [2.75, 3.05) is 11.9 Å². The molecule has 0 bridgehead atoms. The average Bonchev–Trinajstić information content (AvgIpc) is 2.57. The van der Waals surface area contributed by atoms with Crippen LogP contribution in [0.25, 0.3) is 0 Å². The number of hydrogen-bond acceptors (Lipinski definition) is 4. The largest absolute Gasteiger partial charge is 0.489 e. The van der Waals surface area contributed by atoms with E-state index in [9.17, 15) is 9.18 Å². The van der Waals surface area contributed by atoms with E-state index < -0.39 is 5.91 Å². The highest BCUT2D eigenvalue weighted by Gasteiger charge is 2.20. The highest BCUT2D eigenvalue weighted by molar-refractivity contribution is 6.04. The third-order valence-corrected chi connectivity index (χ3v) is 3.80. The minimum atomic E-state index is -0.487. The minimum Gasteiger partial charge on any atom is -0.489 e. The number of benzene rings is 1. The second kappa shape index (κ2) is 9.71. The summed E-state index contributed by atoms with van der Waals surface area (Å²) in [5.41, 5.74) is 1.90. The smallest absolute Gasteiger partial charge is 0.278 e. The van der Waals surface area contributed by atoms with E-state index in [-0.39, 0.29) is 48.1 Å². The van der Waals surface area contributed by atoms with Gasteiger partial charge in [-0.2, -0.15) is 0 Å². The number of halogens is 3. The van der Waals surface area contributed by atoms with E-state index in [1.54, 1.807) is 18.2 Å². The summed E-state index contributed by atoms with van der Waals surface area (Å²) in [6.07, 6.45) is 2.03. The molecule has 0 spiro atoms. The van der Waals surface area contributed by atoms with E-state index in [4.69, 9.17) is 4.74 Å². The quantitative estimate of drug-likeness (QED) is 0.818. The molecule has 8 heteroatoms. The van der Waals surface area contributed by atoms with Gasteiger partial charge in [0.05, 0.1) is 11.8 Å². The van der Waals surface area contributed by atoms with Gasteiger partial charge < -0.3 is 15.4 Å². The lowest BCUT2D eigenvalue weighted by molar-refractivity contribution is 0.101. The maximum Gasteiger partial charge on any atom is 0.278 e. The second-order valence-corrected chi connectivity index (χ2v) is 5.96. The summed E-state index contributed by atoms with van der Waals surface area (Å²) >= 11 is 0. The number of nitrogens with one attached hydrogen (secondary N) is 2. The number of amides is 1. The zero-order valence-electron chi connectivity index (χ0n) is 14.5. The first-order valence-corrected chi connectivity index (χ1v) is 8.00. The van der Waals surface area contributed by atoms with E-state index in [0.717, 1.165) is 12.1 Å². The highest BCUT2D eigenvalue weighted by atomic mass is 35.5. The van der Waals surface area contributed by atoms with Crippen molar-refractivity contribution < 1.29 is 13.9 Å². The Morgan fingerprint density at radius 2 is 2.08 bits per heavy atom. The Bertz CT molecular complexity index is 772. The summed E-state index contributed by atoms with van der Waals surface area (Å²) < 4.78 is 20.2. The molecule has 2 aromatic rings. The monoisotopic (exact) mass is 401 g/mol. The minimum absolute atomic E-state index is 0. The van der Waals surface area contributed by atoms with Crippen LogP contribution in [-0.4, -0.2) is 23.5 Å².